The van der Waals surface area contributed by atoms with Gasteiger partial charge in [-0.25, -0.2) is 14.8 Å². The molecule has 0 radical (unpaired) electrons. The molecule has 2 aromatic carbocycles. The van der Waals surface area contributed by atoms with Crippen molar-refractivity contribution >= 4 is 45.9 Å². The zero-order chi connectivity index (χ0) is 20.8. The normalized spacial score (nSPS) is 11.3. The largest absolute Gasteiger partial charge is 0.466 e. The van der Waals surface area contributed by atoms with Crippen LogP contribution in [-0.4, -0.2) is 36.1 Å². The van der Waals surface area contributed by atoms with Crippen molar-refractivity contribution in [2.45, 2.75) is 0 Å². The lowest BCUT2D eigenvalue weighted by atomic mass is 10.2. The van der Waals surface area contributed by atoms with Crippen LogP contribution in [0.5, 0.6) is 0 Å². The van der Waals surface area contributed by atoms with Crippen molar-refractivity contribution in [3.8, 4) is 11.4 Å². The summed E-state index contributed by atoms with van der Waals surface area (Å²) in [5.74, 6) is 0.855. The van der Waals surface area contributed by atoms with Crippen molar-refractivity contribution in [3.05, 3.63) is 64.4 Å². The number of halogens is 2. The molecule has 4 N–H and O–H groups in total. The molecule has 0 aliphatic heterocycles. The molecule has 150 valence electrons. The van der Waals surface area contributed by atoms with E-state index in [1.54, 1.807) is 18.2 Å². The van der Waals surface area contributed by atoms with E-state index in [2.05, 4.69) is 25.3 Å². The number of fused-ring (bicyclic) bond motifs is 1. The van der Waals surface area contributed by atoms with Crippen LogP contribution in [0.3, 0.4) is 0 Å². The molecule has 0 saturated heterocycles. The number of nitrogens with two attached hydrogens (primary N) is 1. The second kappa shape index (κ2) is 9.45. The summed E-state index contributed by atoms with van der Waals surface area (Å²) < 4.78 is 4.53. The van der Waals surface area contributed by atoms with E-state index < -0.39 is 5.97 Å². The predicted octanol–water partition coefficient (Wildman–Crippen LogP) is 3.58. The van der Waals surface area contributed by atoms with Crippen LogP contribution in [0.2, 0.25) is 10.0 Å². The third-order valence-electron chi connectivity index (χ3n) is 4.00. The van der Waals surface area contributed by atoms with Gasteiger partial charge in [0.1, 0.15) is 11.6 Å². The van der Waals surface area contributed by atoms with Crippen LogP contribution >= 0.6 is 23.2 Å². The van der Waals surface area contributed by atoms with Crippen molar-refractivity contribution < 1.29 is 9.53 Å². The standard InChI is InChI=1S/C20H19Cl2N5O2/c1-29-18(28)11-17(23)24-8-9-25-19-14-4-2-3-5-16(14)26-20(27-19)13-7-6-12(21)10-15(13)22/h2-7,10-11,24H,8-9,23H2,1H3,(H,25,26,27). The number of esters is 1. The first kappa shape index (κ1) is 20.7. The van der Waals surface area contributed by atoms with Crippen LogP contribution in [0, 0.1) is 0 Å². The van der Waals surface area contributed by atoms with E-state index in [-0.39, 0.29) is 5.82 Å². The fourth-order valence-electron chi connectivity index (χ4n) is 2.63. The number of benzene rings is 2. The third-order valence-corrected chi connectivity index (χ3v) is 4.54. The number of anilines is 1. The van der Waals surface area contributed by atoms with Crippen LogP contribution in [0.4, 0.5) is 5.82 Å². The van der Waals surface area contributed by atoms with E-state index in [4.69, 9.17) is 28.9 Å². The molecule has 29 heavy (non-hydrogen) atoms. The summed E-state index contributed by atoms with van der Waals surface area (Å²) in [6.07, 6.45) is 1.18. The highest BCUT2D eigenvalue weighted by molar-refractivity contribution is 6.36. The Morgan fingerprint density at radius 2 is 1.97 bits per heavy atom. The molecule has 0 amide bonds. The number of nitrogens with one attached hydrogen (secondary N) is 2. The van der Waals surface area contributed by atoms with E-state index in [9.17, 15) is 4.79 Å². The molecule has 1 aromatic heterocycles. The molecular weight excluding hydrogens is 413 g/mol. The van der Waals surface area contributed by atoms with Gasteiger partial charge in [0, 0.05) is 29.1 Å². The van der Waals surface area contributed by atoms with Crippen molar-refractivity contribution in [3.63, 3.8) is 0 Å². The minimum atomic E-state index is -0.519. The first-order valence-corrected chi connectivity index (χ1v) is 9.48. The molecule has 0 atom stereocenters. The molecule has 3 aromatic rings. The monoisotopic (exact) mass is 431 g/mol. The van der Waals surface area contributed by atoms with E-state index in [1.165, 1.54) is 13.2 Å². The highest BCUT2D eigenvalue weighted by Crippen LogP contribution is 2.31. The number of carbonyl (C=O) groups is 1. The topological polar surface area (TPSA) is 102 Å². The minimum Gasteiger partial charge on any atom is -0.466 e. The molecule has 0 saturated carbocycles. The van der Waals surface area contributed by atoms with Crippen molar-refractivity contribution in [2.75, 3.05) is 25.5 Å². The summed E-state index contributed by atoms with van der Waals surface area (Å²) in [5, 5.41) is 8.08. The van der Waals surface area contributed by atoms with Crippen molar-refractivity contribution in [1.29, 1.82) is 0 Å². The number of hydrogen-bond donors (Lipinski definition) is 3. The molecule has 0 fully saturated rings. The predicted molar refractivity (Wildman–Crippen MR) is 116 cm³/mol. The Morgan fingerprint density at radius 3 is 2.72 bits per heavy atom. The van der Waals surface area contributed by atoms with E-state index in [1.807, 2.05) is 24.3 Å². The lowest BCUT2D eigenvalue weighted by molar-refractivity contribution is -0.134. The molecule has 1 heterocycles. The van der Waals surface area contributed by atoms with Crippen molar-refractivity contribution in [1.82, 2.24) is 15.3 Å². The smallest absolute Gasteiger partial charge is 0.334 e. The highest BCUT2D eigenvalue weighted by atomic mass is 35.5. The molecule has 0 aliphatic rings. The zero-order valence-electron chi connectivity index (χ0n) is 15.6. The number of nitrogens with zero attached hydrogens (tertiary/aromatic N) is 2. The Labute approximate surface area is 177 Å². The Bertz CT molecular complexity index is 1070. The van der Waals surface area contributed by atoms with Crippen LogP contribution in [0.25, 0.3) is 22.3 Å². The Balaban J connectivity index is 1.81. The number of carbonyl (C=O) groups excluding carboxylic acids is 1. The molecule has 3 rings (SSSR count). The van der Waals surface area contributed by atoms with Crippen molar-refractivity contribution in [2.24, 2.45) is 5.73 Å². The SMILES string of the molecule is COC(=O)C=C(N)NCCNc1nc(-c2ccc(Cl)cc2Cl)nc2ccccc12. The summed E-state index contributed by atoms with van der Waals surface area (Å²) in [5.41, 5.74) is 7.19. The number of para-hydroxylation sites is 1. The summed E-state index contributed by atoms with van der Waals surface area (Å²) >= 11 is 12.3. The molecule has 0 aliphatic carbocycles. The molecule has 0 bridgehead atoms. The fraction of sp³-hybridized carbons (Fsp3) is 0.150. The van der Waals surface area contributed by atoms with Gasteiger partial charge >= 0.3 is 5.97 Å². The number of aromatic nitrogens is 2. The average Bonchev–Trinajstić information content (AvgIpc) is 2.70. The number of ether oxygens (including phenoxy) is 1. The summed E-state index contributed by atoms with van der Waals surface area (Å²) in [6.45, 7) is 0.971. The van der Waals surface area contributed by atoms with Gasteiger partial charge in [0.25, 0.3) is 0 Å². The van der Waals surface area contributed by atoms with E-state index >= 15 is 0 Å². The first-order chi connectivity index (χ1) is 14.0. The molecule has 0 spiro atoms. The maximum atomic E-state index is 11.2. The summed E-state index contributed by atoms with van der Waals surface area (Å²) in [6, 6.07) is 12.9. The van der Waals surface area contributed by atoms with Gasteiger partial charge in [0.15, 0.2) is 5.82 Å². The Kier molecular flexibility index (Phi) is 6.74. The molecule has 0 unspecified atom stereocenters. The first-order valence-electron chi connectivity index (χ1n) is 8.73. The second-order valence-electron chi connectivity index (χ2n) is 6.01. The van der Waals surface area contributed by atoms with Gasteiger partial charge in [0.05, 0.1) is 23.7 Å². The Hall–Kier alpha value is -3.03. The molecule has 7 nitrogen and oxygen atoms in total. The van der Waals surface area contributed by atoms with Gasteiger partial charge in [-0.3, -0.25) is 0 Å². The van der Waals surface area contributed by atoms with E-state index in [0.29, 0.717) is 40.3 Å². The number of hydrogen-bond acceptors (Lipinski definition) is 7. The van der Waals surface area contributed by atoms with Gasteiger partial charge in [-0.05, 0) is 30.3 Å². The average molecular weight is 432 g/mol. The van der Waals surface area contributed by atoms with Gasteiger partial charge < -0.3 is 21.1 Å². The highest BCUT2D eigenvalue weighted by Gasteiger charge is 2.12. The third kappa shape index (κ3) is 5.28. The summed E-state index contributed by atoms with van der Waals surface area (Å²) in [4.78, 5) is 20.4. The molecular formula is C20H19Cl2N5O2. The number of methoxy groups -OCH3 is 1. The Morgan fingerprint density at radius 1 is 1.17 bits per heavy atom. The lowest BCUT2D eigenvalue weighted by Gasteiger charge is -2.12. The van der Waals surface area contributed by atoms with Crippen LogP contribution in [0.1, 0.15) is 0 Å². The van der Waals surface area contributed by atoms with Gasteiger partial charge in [-0.15, -0.1) is 0 Å². The summed E-state index contributed by atoms with van der Waals surface area (Å²) in [7, 11) is 1.29. The van der Waals surface area contributed by atoms with Crippen LogP contribution in [-0.2, 0) is 9.53 Å². The van der Waals surface area contributed by atoms with Crippen LogP contribution < -0.4 is 16.4 Å². The number of rotatable bonds is 7. The maximum absolute atomic E-state index is 11.2. The van der Waals surface area contributed by atoms with E-state index in [0.717, 1.165) is 10.9 Å². The van der Waals surface area contributed by atoms with Gasteiger partial charge in [-0.1, -0.05) is 35.3 Å². The second-order valence-corrected chi connectivity index (χ2v) is 6.86. The zero-order valence-corrected chi connectivity index (χ0v) is 17.1. The maximum Gasteiger partial charge on any atom is 0.334 e. The van der Waals surface area contributed by atoms with Gasteiger partial charge in [-0.2, -0.15) is 0 Å². The van der Waals surface area contributed by atoms with Crippen LogP contribution in [0.15, 0.2) is 54.4 Å². The minimum absolute atomic E-state index is 0.222. The quantitative estimate of drug-likeness (QED) is 0.298. The molecule has 9 heteroatoms. The fourth-order valence-corrected chi connectivity index (χ4v) is 3.12. The lowest BCUT2D eigenvalue weighted by Crippen LogP contribution is -2.27. The van der Waals surface area contributed by atoms with Gasteiger partial charge in [0.2, 0.25) is 0 Å².